The van der Waals surface area contributed by atoms with Gasteiger partial charge in [-0.05, 0) is 45.1 Å². The standard InChI is InChI=1S/C16H29N3O2/c1-11(2)12(3)18-15(20)13-6-9-19(10-7-13)16(21)14-5-4-8-17-14/h11-14,17H,4-10H2,1-3H3,(H,18,20). The summed E-state index contributed by atoms with van der Waals surface area (Å²) in [5.74, 6) is 0.889. The van der Waals surface area contributed by atoms with Crippen molar-refractivity contribution in [3.05, 3.63) is 0 Å². The molecule has 0 aromatic carbocycles. The predicted molar refractivity (Wildman–Crippen MR) is 82.8 cm³/mol. The molecule has 2 fully saturated rings. The Bertz CT molecular complexity index is 370. The summed E-state index contributed by atoms with van der Waals surface area (Å²) in [5.41, 5.74) is 0. The predicted octanol–water partition coefficient (Wildman–Crippen LogP) is 1.14. The van der Waals surface area contributed by atoms with Crippen LogP contribution >= 0.6 is 0 Å². The second-order valence-electron chi connectivity index (χ2n) is 6.79. The van der Waals surface area contributed by atoms with Gasteiger partial charge in [0.1, 0.15) is 0 Å². The second kappa shape index (κ2) is 7.25. The van der Waals surface area contributed by atoms with Crippen molar-refractivity contribution >= 4 is 11.8 Å². The van der Waals surface area contributed by atoms with E-state index >= 15 is 0 Å². The Labute approximate surface area is 127 Å². The fourth-order valence-electron chi connectivity index (χ4n) is 2.99. The maximum absolute atomic E-state index is 12.3. The average molecular weight is 295 g/mol. The van der Waals surface area contributed by atoms with Gasteiger partial charge >= 0.3 is 0 Å². The van der Waals surface area contributed by atoms with Crippen molar-refractivity contribution in [1.82, 2.24) is 15.5 Å². The molecule has 2 saturated heterocycles. The van der Waals surface area contributed by atoms with Gasteiger partial charge in [-0.15, -0.1) is 0 Å². The van der Waals surface area contributed by atoms with Gasteiger partial charge in [0.05, 0.1) is 6.04 Å². The van der Waals surface area contributed by atoms with Crippen LogP contribution in [0.4, 0.5) is 0 Å². The summed E-state index contributed by atoms with van der Waals surface area (Å²) in [6, 6.07) is 0.219. The minimum atomic E-state index is 0.0105. The molecule has 5 nitrogen and oxygen atoms in total. The van der Waals surface area contributed by atoms with Crippen molar-refractivity contribution in [2.75, 3.05) is 19.6 Å². The van der Waals surface area contributed by atoms with E-state index in [1.807, 2.05) is 11.8 Å². The highest BCUT2D eigenvalue weighted by atomic mass is 16.2. The third-order valence-electron chi connectivity index (χ3n) is 4.91. The van der Waals surface area contributed by atoms with E-state index in [1.165, 1.54) is 0 Å². The van der Waals surface area contributed by atoms with Crippen molar-refractivity contribution in [2.45, 2.75) is 58.5 Å². The molecule has 0 bridgehead atoms. The number of piperidine rings is 1. The van der Waals surface area contributed by atoms with Crippen molar-refractivity contribution in [1.29, 1.82) is 0 Å². The summed E-state index contributed by atoms with van der Waals surface area (Å²) in [5, 5.41) is 6.35. The zero-order valence-electron chi connectivity index (χ0n) is 13.5. The number of hydrogen-bond acceptors (Lipinski definition) is 3. The molecule has 2 N–H and O–H groups in total. The normalized spacial score (nSPS) is 25.1. The van der Waals surface area contributed by atoms with Crippen LogP contribution in [0.1, 0.15) is 46.5 Å². The molecule has 0 saturated carbocycles. The molecular formula is C16H29N3O2. The van der Waals surface area contributed by atoms with E-state index < -0.39 is 0 Å². The molecule has 2 rings (SSSR count). The average Bonchev–Trinajstić information content (AvgIpc) is 3.00. The number of nitrogens with one attached hydrogen (secondary N) is 2. The topological polar surface area (TPSA) is 61.4 Å². The Morgan fingerprint density at radius 2 is 1.81 bits per heavy atom. The van der Waals surface area contributed by atoms with Crippen LogP contribution in [-0.2, 0) is 9.59 Å². The number of nitrogens with zero attached hydrogens (tertiary/aromatic N) is 1. The zero-order chi connectivity index (χ0) is 15.4. The summed E-state index contributed by atoms with van der Waals surface area (Å²) >= 11 is 0. The van der Waals surface area contributed by atoms with Crippen molar-refractivity contribution in [3.63, 3.8) is 0 Å². The number of carbonyl (C=O) groups excluding carboxylic acids is 2. The first-order valence-electron chi connectivity index (χ1n) is 8.31. The van der Waals surface area contributed by atoms with Gasteiger partial charge in [-0.25, -0.2) is 0 Å². The first-order chi connectivity index (χ1) is 9.99. The Balaban J connectivity index is 1.77. The third kappa shape index (κ3) is 4.19. The number of rotatable bonds is 4. The Kier molecular flexibility index (Phi) is 5.62. The Hall–Kier alpha value is -1.10. The van der Waals surface area contributed by atoms with Crippen molar-refractivity contribution in [3.8, 4) is 0 Å². The molecule has 21 heavy (non-hydrogen) atoms. The van der Waals surface area contributed by atoms with Crippen molar-refractivity contribution in [2.24, 2.45) is 11.8 Å². The summed E-state index contributed by atoms with van der Waals surface area (Å²) in [6.07, 6.45) is 3.61. The van der Waals surface area contributed by atoms with Gasteiger partial charge in [0.2, 0.25) is 11.8 Å². The fraction of sp³-hybridized carbons (Fsp3) is 0.875. The van der Waals surface area contributed by atoms with E-state index in [-0.39, 0.29) is 29.8 Å². The van der Waals surface area contributed by atoms with E-state index in [2.05, 4.69) is 24.5 Å². The van der Waals surface area contributed by atoms with Crippen LogP contribution in [0.15, 0.2) is 0 Å². The molecule has 2 aliphatic heterocycles. The smallest absolute Gasteiger partial charge is 0.239 e. The summed E-state index contributed by atoms with van der Waals surface area (Å²) in [6.45, 7) is 8.65. The first-order valence-corrected chi connectivity index (χ1v) is 8.31. The van der Waals surface area contributed by atoms with E-state index in [4.69, 9.17) is 0 Å². The molecule has 120 valence electrons. The van der Waals surface area contributed by atoms with Crippen LogP contribution in [0.5, 0.6) is 0 Å². The van der Waals surface area contributed by atoms with Crippen LogP contribution in [0.3, 0.4) is 0 Å². The van der Waals surface area contributed by atoms with Gasteiger partial charge in [0, 0.05) is 25.0 Å². The minimum absolute atomic E-state index is 0.0105. The molecule has 0 spiro atoms. The highest BCUT2D eigenvalue weighted by Gasteiger charge is 2.32. The van der Waals surface area contributed by atoms with E-state index in [9.17, 15) is 9.59 Å². The SMILES string of the molecule is CC(C)C(C)NC(=O)C1CCN(C(=O)C2CCCN2)CC1. The van der Waals surface area contributed by atoms with Crippen LogP contribution in [0.25, 0.3) is 0 Å². The molecule has 2 atom stereocenters. The largest absolute Gasteiger partial charge is 0.353 e. The lowest BCUT2D eigenvalue weighted by atomic mass is 9.94. The molecular weight excluding hydrogens is 266 g/mol. The molecule has 2 unspecified atom stereocenters. The lowest BCUT2D eigenvalue weighted by molar-refractivity contribution is -0.137. The van der Waals surface area contributed by atoms with Gasteiger partial charge in [0.25, 0.3) is 0 Å². The molecule has 0 radical (unpaired) electrons. The highest BCUT2D eigenvalue weighted by molar-refractivity contribution is 5.83. The minimum Gasteiger partial charge on any atom is -0.353 e. The van der Waals surface area contributed by atoms with Crippen LogP contribution < -0.4 is 10.6 Å². The van der Waals surface area contributed by atoms with Gasteiger partial charge in [0.15, 0.2) is 0 Å². The molecule has 0 aromatic heterocycles. The van der Waals surface area contributed by atoms with Gasteiger partial charge in [-0.3, -0.25) is 9.59 Å². The number of hydrogen-bond donors (Lipinski definition) is 2. The summed E-state index contributed by atoms with van der Waals surface area (Å²) in [7, 11) is 0. The molecule has 5 heteroatoms. The monoisotopic (exact) mass is 295 g/mol. The molecule has 2 aliphatic rings. The third-order valence-corrected chi connectivity index (χ3v) is 4.91. The maximum Gasteiger partial charge on any atom is 0.239 e. The van der Waals surface area contributed by atoms with Crippen LogP contribution in [0, 0.1) is 11.8 Å². The quantitative estimate of drug-likeness (QED) is 0.817. The van der Waals surface area contributed by atoms with Crippen LogP contribution in [0.2, 0.25) is 0 Å². The molecule has 2 heterocycles. The van der Waals surface area contributed by atoms with Crippen molar-refractivity contribution < 1.29 is 9.59 Å². The Morgan fingerprint density at radius 1 is 1.14 bits per heavy atom. The summed E-state index contributed by atoms with van der Waals surface area (Å²) in [4.78, 5) is 26.5. The van der Waals surface area contributed by atoms with E-state index in [0.717, 1.165) is 32.2 Å². The number of likely N-dealkylation sites (tertiary alicyclic amines) is 1. The maximum atomic E-state index is 12.3. The van der Waals surface area contributed by atoms with Gasteiger partial charge in [-0.2, -0.15) is 0 Å². The second-order valence-corrected chi connectivity index (χ2v) is 6.79. The molecule has 0 aliphatic carbocycles. The highest BCUT2D eigenvalue weighted by Crippen LogP contribution is 2.20. The van der Waals surface area contributed by atoms with Gasteiger partial charge in [-0.1, -0.05) is 13.8 Å². The van der Waals surface area contributed by atoms with Gasteiger partial charge < -0.3 is 15.5 Å². The number of carbonyl (C=O) groups is 2. The lowest BCUT2D eigenvalue weighted by Gasteiger charge is -2.33. The molecule has 0 aromatic rings. The van der Waals surface area contributed by atoms with E-state index in [0.29, 0.717) is 19.0 Å². The lowest BCUT2D eigenvalue weighted by Crippen LogP contribution is -2.49. The molecule has 2 amide bonds. The van der Waals surface area contributed by atoms with E-state index in [1.54, 1.807) is 0 Å². The first kappa shape index (κ1) is 16.3. The fourth-order valence-corrected chi connectivity index (χ4v) is 2.99. The summed E-state index contributed by atoms with van der Waals surface area (Å²) < 4.78 is 0. The zero-order valence-corrected chi connectivity index (χ0v) is 13.5. The Morgan fingerprint density at radius 3 is 2.33 bits per heavy atom. The van der Waals surface area contributed by atoms with Crippen LogP contribution in [-0.4, -0.2) is 48.4 Å². The number of amides is 2.